The quantitative estimate of drug-likeness (QED) is 0.665. The number of aromatic nitrogens is 3. The highest BCUT2D eigenvalue weighted by Gasteiger charge is 2.16. The van der Waals surface area contributed by atoms with E-state index in [9.17, 15) is 9.18 Å². The molecule has 0 saturated carbocycles. The Morgan fingerprint density at radius 1 is 1.19 bits per heavy atom. The fourth-order valence-electron chi connectivity index (χ4n) is 2.99. The summed E-state index contributed by atoms with van der Waals surface area (Å²) in [6.07, 6.45) is 4.38. The van der Waals surface area contributed by atoms with Crippen LogP contribution in [0.5, 0.6) is 0 Å². The molecule has 8 heteroatoms. The molecule has 1 aromatic carbocycles. The topological polar surface area (TPSA) is 51.0 Å². The van der Waals surface area contributed by atoms with Crippen molar-refractivity contribution in [1.29, 1.82) is 0 Å². The summed E-state index contributed by atoms with van der Waals surface area (Å²) in [5, 5.41) is 0. The molecule has 138 valence electrons. The number of benzene rings is 1. The number of hydrogen-bond acceptors (Lipinski definition) is 5. The number of thiophene rings is 1. The average molecular weight is 403 g/mol. The molecule has 2 aromatic heterocycles. The van der Waals surface area contributed by atoms with E-state index in [0.717, 1.165) is 22.4 Å². The second kappa shape index (κ2) is 7.62. The number of halogens is 2. The van der Waals surface area contributed by atoms with E-state index in [1.807, 2.05) is 11.0 Å². The van der Waals surface area contributed by atoms with Crippen LogP contribution in [0, 0.1) is 5.82 Å². The van der Waals surface area contributed by atoms with E-state index in [4.69, 9.17) is 11.6 Å². The van der Waals surface area contributed by atoms with Crippen LogP contribution in [0.4, 0.5) is 10.3 Å². The Kier molecular flexibility index (Phi) is 5.05. The van der Waals surface area contributed by atoms with E-state index in [-0.39, 0.29) is 11.5 Å². The predicted molar refractivity (Wildman–Crippen MR) is 106 cm³/mol. The SMILES string of the molecule is O=c1nc(N2CC=C(c3ccc(F)cc3)CC2)ncn1Cc1ccc(Cl)s1. The van der Waals surface area contributed by atoms with Crippen molar-refractivity contribution in [3.63, 3.8) is 0 Å². The summed E-state index contributed by atoms with van der Waals surface area (Å²) in [4.78, 5) is 23.7. The molecular formula is C19H16ClFN4OS. The highest BCUT2D eigenvalue weighted by atomic mass is 35.5. The standard InChI is InChI=1S/C19H16ClFN4OS/c20-17-6-5-16(27-17)11-25-12-22-18(23-19(25)26)24-9-7-14(8-10-24)13-1-3-15(21)4-2-13/h1-7,12H,8-11H2. The second-order valence-corrected chi connectivity index (χ2v) is 8.00. The minimum absolute atomic E-state index is 0.240. The van der Waals surface area contributed by atoms with Crippen LogP contribution in [0.1, 0.15) is 16.9 Å². The molecule has 0 N–H and O–H groups in total. The van der Waals surface area contributed by atoms with Gasteiger partial charge in [-0.3, -0.25) is 4.57 Å². The van der Waals surface area contributed by atoms with Crippen molar-refractivity contribution < 1.29 is 4.39 Å². The van der Waals surface area contributed by atoms with Gasteiger partial charge in [0, 0.05) is 18.0 Å². The Morgan fingerprint density at radius 2 is 2.00 bits per heavy atom. The minimum Gasteiger partial charge on any atom is -0.337 e. The summed E-state index contributed by atoms with van der Waals surface area (Å²) in [6.45, 7) is 1.72. The van der Waals surface area contributed by atoms with Gasteiger partial charge in [0.25, 0.3) is 0 Å². The third kappa shape index (κ3) is 4.09. The first-order chi connectivity index (χ1) is 13.1. The zero-order valence-electron chi connectivity index (χ0n) is 14.3. The lowest BCUT2D eigenvalue weighted by Gasteiger charge is -2.26. The van der Waals surface area contributed by atoms with Crippen molar-refractivity contribution in [2.45, 2.75) is 13.0 Å². The van der Waals surface area contributed by atoms with Crippen molar-refractivity contribution in [2.75, 3.05) is 18.0 Å². The fraction of sp³-hybridized carbons (Fsp3) is 0.211. The second-order valence-electron chi connectivity index (χ2n) is 6.20. The summed E-state index contributed by atoms with van der Waals surface area (Å²) in [6, 6.07) is 10.2. The van der Waals surface area contributed by atoms with Gasteiger partial charge in [0.2, 0.25) is 5.95 Å². The van der Waals surface area contributed by atoms with Gasteiger partial charge < -0.3 is 4.90 Å². The zero-order valence-corrected chi connectivity index (χ0v) is 15.9. The molecule has 3 aromatic rings. The van der Waals surface area contributed by atoms with Crippen LogP contribution in [-0.4, -0.2) is 27.6 Å². The fourth-order valence-corrected chi connectivity index (χ4v) is 4.08. The molecule has 0 unspecified atom stereocenters. The van der Waals surface area contributed by atoms with Crippen molar-refractivity contribution >= 4 is 34.5 Å². The molecule has 0 bridgehead atoms. The predicted octanol–water partition coefficient (Wildman–Crippen LogP) is 3.83. The number of hydrogen-bond donors (Lipinski definition) is 0. The summed E-state index contributed by atoms with van der Waals surface area (Å²) < 4.78 is 15.2. The van der Waals surface area contributed by atoms with Gasteiger partial charge >= 0.3 is 5.69 Å². The van der Waals surface area contributed by atoms with Crippen LogP contribution >= 0.6 is 22.9 Å². The lowest BCUT2D eigenvalue weighted by atomic mass is 10.00. The van der Waals surface area contributed by atoms with Gasteiger partial charge in [0.05, 0.1) is 10.9 Å². The third-order valence-corrected chi connectivity index (χ3v) is 5.63. The summed E-state index contributed by atoms with van der Waals surface area (Å²) in [5.74, 6) is 0.186. The van der Waals surface area contributed by atoms with E-state index < -0.39 is 0 Å². The van der Waals surface area contributed by atoms with E-state index in [2.05, 4.69) is 16.0 Å². The van der Waals surface area contributed by atoms with Crippen LogP contribution in [0.15, 0.2) is 53.6 Å². The molecule has 4 rings (SSSR count). The van der Waals surface area contributed by atoms with Crippen LogP contribution in [0.2, 0.25) is 4.34 Å². The molecule has 0 atom stereocenters. The molecule has 1 aliphatic heterocycles. The van der Waals surface area contributed by atoms with E-state index in [0.29, 0.717) is 29.9 Å². The number of nitrogens with zero attached hydrogens (tertiary/aromatic N) is 4. The summed E-state index contributed by atoms with van der Waals surface area (Å²) in [5.41, 5.74) is 1.84. The Balaban J connectivity index is 1.47. The van der Waals surface area contributed by atoms with Crippen LogP contribution in [-0.2, 0) is 6.54 Å². The molecule has 0 amide bonds. The monoisotopic (exact) mass is 402 g/mol. The molecule has 0 spiro atoms. The molecule has 5 nitrogen and oxygen atoms in total. The van der Waals surface area contributed by atoms with Gasteiger partial charge in [0.15, 0.2) is 0 Å². The minimum atomic E-state index is -0.335. The Labute approximate surface area is 164 Å². The smallest absolute Gasteiger partial charge is 0.337 e. The molecule has 0 aliphatic carbocycles. The first-order valence-electron chi connectivity index (χ1n) is 8.46. The Hall–Kier alpha value is -2.51. The van der Waals surface area contributed by atoms with E-state index >= 15 is 0 Å². The highest BCUT2D eigenvalue weighted by Crippen LogP contribution is 2.24. The molecular weight excluding hydrogens is 387 g/mol. The Bertz CT molecular complexity index is 1040. The van der Waals surface area contributed by atoms with Crippen molar-refractivity contribution in [3.8, 4) is 0 Å². The maximum Gasteiger partial charge on any atom is 0.352 e. The molecule has 0 saturated heterocycles. The van der Waals surface area contributed by atoms with Gasteiger partial charge in [-0.2, -0.15) is 4.98 Å². The van der Waals surface area contributed by atoms with Gasteiger partial charge in [0.1, 0.15) is 12.1 Å². The van der Waals surface area contributed by atoms with Crippen molar-refractivity contribution in [3.05, 3.63) is 79.9 Å². The molecule has 27 heavy (non-hydrogen) atoms. The maximum absolute atomic E-state index is 13.1. The van der Waals surface area contributed by atoms with Gasteiger partial charge in [-0.1, -0.05) is 29.8 Å². The molecule has 1 aliphatic rings. The number of anilines is 1. The third-order valence-electron chi connectivity index (χ3n) is 4.42. The summed E-state index contributed by atoms with van der Waals surface area (Å²) >= 11 is 7.36. The van der Waals surface area contributed by atoms with Crippen LogP contribution in [0.3, 0.4) is 0 Å². The first kappa shape index (κ1) is 17.9. The molecule has 0 fully saturated rings. The average Bonchev–Trinajstić information content (AvgIpc) is 3.09. The highest BCUT2D eigenvalue weighted by molar-refractivity contribution is 7.16. The van der Waals surface area contributed by atoms with Gasteiger partial charge in [-0.15, -0.1) is 11.3 Å². The van der Waals surface area contributed by atoms with Gasteiger partial charge in [-0.25, -0.2) is 14.2 Å². The Morgan fingerprint density at radius 3 is 2.63 bits per heavy atom. The normalized spacial score (nSPS) is 14.3. The van der Waals surface area contributed by atoms with Crippen molar-refractivity contribution in [2.24, 2.45) is 0 Å². The largest absolute Gasteiger partial charge is 0.352 e. The van der Waals surface area contributed by atoms with E-state index in [1.54, 1.807) is 18.2 Å². The van der Waals surface area contributed by atoms with Crippen molar-refractivity contribution in [1.82, 2.24) is 14.5 Å². The van der Waals surface area contributed by atoms with E-state index in [1.165, 1.54) is 34.4 Å². The molecule has 3 heterocycles. The lowest BCUT2D eigenvalue weighted by Crippen LogP contribution is -2.33. The lowest BCUT2D eigenvalue weighted by molar-refractivity contribution is 0.627. The molecule has 0 radical (unpaired) electrons. The van der Waals surface area contributed by atoms with Gasteiger partial charge in [-0.05, 0) is 41.8 Å². The number of rotatable bonds is 4. The van der Waals surface area contributed by atoms with Crippen LogP contribution in [0.25, 0.3) is 5.57 Å². The van der Waals surface area contributed by atoms with Crippen LogP contribution < -0.4 is 10.6 Å². The first-order valence-corrected chi connectivity index (χ1v) is 9.65. The summed E-state index contributed by atoms with van der Waals surface area (Å²) in [7, 11) is 0. The zero-order chi connectivity index (χ0) is 18.8. The maximum atomic E-state index is 13.1.